The predicted molar refractivity (Wildman–Crippen MR) is 91.6 cm³/mol. The molecule has 23 heavy (non-hydrogen) atoms. The predicted octanol–water partition coefficient (Wildman–Crippen LogP) is 3.35. The second-order valence-corrected chi connectivity index (χ2v) is 5.90. The number of pyridine rings is 1. The van der Waals surface area contributed by atoms with Crippen LogP contribution in [0.3, 0.4) is 0 Å². The van der Waals surface area contributed by atoms with Gasteiger partial charge in [0, 0.05) is 18.4 Å². The summed E-state index contributed by atoms with van der Waals surface area (Å²) in [4.78, 5) is 6.63. The van der Waals surface area contributed by atoms with Crippen LogP contribution in [-0.2, 0) is 0 Å². The van der Waals surface area contributed by atoms with Crippen LogP contribution in [0.1, 0.15) is 42.5 Å². The van der Waals surface area contributed by atoms with Gasteiger partial charge in [0.2, 0.25) is 0 Å². The van der Waals surface area contributed by atoms with Gasteiger partial charge in [0.15, 0.2) is 0 Å². The molecule has 2 atom stereocenters. The molecule has 2 aromatic rings. The van der Waals surface area contributed by atoms with Crippen LogP contribution in [-0.4, -0.2) is 28.1 Å². The molecular weight excluding hydrogens is 284 g/mol. The van der Waals surface area contributed by atoms with Crippen LogP contribution in [0, 0.1) is 11.8 Å². The maximum atomic E-state index is 10.1. The van der Waals surface area contributed by atoms with Crippen molar-refractivity contribution in [1.29, 1.82) is 0 Å². The Labute approximate surface area is 138 Å². The van der Waals surface area contributed by atoms with Gasteiger partial charge in [-0.05, 0) is 36.6 Å². The van der Waals surface area contributed by atoms with E-state index in [2.05, 4.69) is 27.8 Å². The van der Waals surface area contributed by atoms with E-state index in [1.807, 2.05) is 48.8 Å². The fraction of sp³-hybridized carbons (Fsp3) is 0.350. The highest BCUT2D eigenvalue weighted by Gasteiger charge is 2.23. The number of piperidine rings is 1. The average molecular weight is 306 g/mol. The maximum Gasteiger partial charge on any atom is 0.140 e. The summed E-state index contributed by atoms with van der Waals surface area (Å²) in [7, 11) is 0. The van der Waals surface area contributed by atoms with Crippen LogP contribution >= 0.6 is 0 Å². The maximum absolute atomic E-state index is 10.1. The van der Waals surface area contributed by atoms with E-state index >= 15 is 0 Å². The smallest absolute Gasteiger partial charge is 0.140 e. The van der Waals surface area contributed by atoms with Crippen molar-refractivity contribution < 1.29 is 5.11 Å². The molecule has 1 aliphatic heterocycles. The highest BCUT2D eigenvalue weighted by Crippen LogP contribution is 2.29. The van der Waals surface area contributed by atoms with Crippen LogP contribution in [0.25, 0.3) is 0 Å². The standard InChI is InChI=1S/C20H22N2O/c23-20(17-8-2-1-3-9-17)12-7-15-22-14-5-4-11-19(22)18-10-6-13-21-16-18/h1-3,6,8-10,13,16,19-20,23H,4-5,11,14-15H2. The SMILES string of the molecule is OC(C#CCN1CCCCC1c1cccnc1)c1ccccc1. The summed E-state index contributed by atoms with van der Waals surface area (Å²) < 4.78 is 0. The van der Waals surface area contributed by atoms with Gasteiger partial charge in [-0.2, -0.15) is 0 Å². The first kappa shape index (κ1) is 15.7. The van der Waals surface area contributed by atoms with Gasteiger partial charge in [0.05, 0.1) is 6.54 Å². The fourth-order valence-corrected chi connectivity index (χ4v) is 3.09. The minimum Gasteiger partial charge on any atom is -0.376 e. The van der Waals surface area contributed by atoms with Crippen molar-refractivity contribution in [3.05, 3.63) is 66.0 Å². The third-order valence-electron chi connectivity index (χ3n) is 4.32. The van der Waals surface area contributed by atoms with Crippen molar-refractivity contribution in [3.63, 3.8) is 0 Å². The van der Waals surface area contributed by atoms with Crippen LogP contribution in [0.5, 0.6) is 0 Å². The third kappa shape index (κ3) is 4.19. The molecule has 1 aliphatic rings. The van der Waals surface area contributed by atoms with Crippen molar-refractivity contribution in [3.8, 4) is 11.8 Å². The molecule has 1 aromatic heterocycles. The molecule has 0 amide bonds. The molecule has 0 radical (unpaired) electrons. The van der Waals surface area contributed by atoms with Gasteiger partial charge in [-0.25, -0.2) is 0 Å². The van der Waals surface area contributed by atoms with E-state index in [0.29, 0.717) is 12.6 Å². The summed E-state index contributed by atoms with van der Waals surface area (Å²) in [5, 5.41) is 10.1. The van der Waals surface area contributed by atoms with E-state index in [1.165, 1.54) is 18.4 Å². The van der Waals surface area contributed by atoms with Crippen molar-refractivity contribution in [1.82, 2.24) is 9.88 Å². The Morgan fingerprint density at radius 1 is 1.17 bits per heavy atom. The Hall–Kier alpha value is -2.15. The van der Waals surface area contributed by atoms with Gasteiger partial charge >= 0.3 is 0 Å². The Kier molecular flexibility index (Phi) is 5.42. The Morgan fingerprint density at radius 2 is 2.04 bits per heavy atom. The number of aliphatic hydroxyl groups is 1. The molecule has 1 aromatic carbocycles. The summed E-state index contributed by atoms with van der Waals surface area (Å²) in [6.07, 6.45) is 6.66. The average Bonchev–Trinajstić information content (AvgIpc) is 2.63. The van der Waals surface area contributed by atoms with E-state index in [-0.39, 0.29) is 0 Å². The Bertz CT molecular complexity index is 660. The third-order valence-corrected chi connectivity index (χ3v) is 4.32. The molecule has 3 heteroatoms. The number of nitrogens with zero attached hydrogens (tertiary/aromatic N) is 2. The molecule has 1 N–H and O–H groups in total. The lowest BCUT2D eigenvalue weighted by molar-refractivity contribution is 0.168. The van der Waals surface area contributed by atoms with Crippen LogP contribution in [0.2, 0.25) is 0 Å². The fourth-order valence-electron chi connectivity index (χ4n) is 3.09. The summed E-state index contributed by atoms with van der Waals surface area (Å²) in [6.45, 7) is 1.74. The second-order valence-electron chi connectivity index (χ2n) is 5.90. The lowest BCUT2D eigenvalue weighted by Gasteiger charge is -2.34. The number of hydrogen-bond acceptors (Lipinski definition) is 3. The zero-order valence-electron chi connectivity index (χ0n) is 13.2. The molecule has 2 unspecified atom stereocenters. The van der Waals surface area contributed by atoms with Gasteiger partial charge in [-0.15, -0.1) is 0 Å². The monoisotopic (exact) mass is 306 g/mol. The van der Waals surface area contributed by atoms with E-state index in [1.54, 1.807) is 0 Å². The zero-order valence-corrected chi connectivity index (χ0v) is 13.2. The van der Waals surface area contributed by atoms with Gasteiger partial charge in [0.25, 0.3) is 0 Å². The molecule has 0 aliphatic carbocycles. The quantitative estimate of drug-likeness (QED) is 0.884. The molecule has 1 fully saturated rings. The molecular formula is C20H22N2O. The molecule has 0 bridgehead atoms. The topological polar surface area (TPSA) is 36.4 Å². The number of aliphatic hydroxyl groups excluding tert-OH is 1. The van der Waals surface area contributed by atoms with E-state index in [0.717, 1.165) is 18.5 Å². The minimum absolute atomic E-state index is 0.389. The Morgan fingerprint density at radius 3 is 2.83 bits per heavy atom. The molecule has 118 valence electrons. The minimum atomic E-state index is -0.710. The van der Waals surface area contributed by atoms with E-state index in [4.69, 9.17) is 0 Å². The number of aromatic nitrogens is 1. The number of hydrogen-bond donors (Lipinski definition) is 1. The van der Waals surface area contributed by atoms with Crippen LogP contribution < -0.4 is 0 Å². The summed E-state index contributed by atoms with van der Waals surface area (Å²) in [5.74, 6) is 6.13. The van der Waals surface area contributed by atoms with Gasteiger partial charge < -0.3 is 5.11 Å². The number of benzene rings is 1. The summed E-state index contributed by atoms with van der Waals surface area (Å²) in [5.41, 5.74) is 2.11. The van der Waals surface area contributed by atoms with Crippen molar-refractivity contribution >= 4 is 0 Å². The van der Waals surface area contributed by atoms with Crippen molar-refractivity contribution in [2.24, 2.45) is 0 Å². The van der Waals surface area contributed by atoms with Gasteiger partial charge in [0.1, 0.15) is 6.10 Å². The highest BCUT2D eigenvalue weighted by molar-refractivity contribution is 5.25. The van der Waals surface area contributed by atoms with E-state index < -0.39 is 6.10 Å². The van der Waals surface area contributed by atoms with Crippen LogP contribution in [0.15, 0.2) is 54.9 Å². The second kappa shape index (κ2) is 7.92. The number of rotatable bonds is 3. The molecule has 0 saturated carbocycles. The summed E-state index contributed by atoms with van der Waals surface area (Å²) in [6, 6.07) is 14.1. The Balaban J connectivity index is 1.65. The van der Waals surface area contributed by atoms with Crippen molar-refractivity contribution in [2.45, 2.75) is 31.4 Å². The normalized spacial score (nSPS) is 19.6. The molecule has 3 rings (SSSR count). The first-order chi connectivity index (χ1) is 11.3. The number of likely N-dealkylation sites (tertiary alicyclic amines) is 1. The van der Waals surface area contributed by atoms with Gasteiger partial charge in [-0.3, -0.25) is 9.88 Å². The lowest BCUT2D eigenvalue weighted by Crippen LogP contribution is -2.33. The van der Waals surface area contributed by atoms with Gasteiger partial charge in [-0.1, -0.05) is 54.7 Å². The largest absolute Gasteiger partial charge is 0.376 e. The van der Waals surface area contributed by atoms with Crippen LogP contribution in [0.4, 0.5) is 0 Å². The molecule has 3 nitrogen and oxygen atoms in total. The highest BCUT2D eigenvalue weighted by atomic mass is 16.3. The lowest BCUT2D eigenvalue weighted by atomic mass is 9.96. The van der Waals surface area contributed by atoms with E-state index in [9.17, 15) is 5.11 Å². The molecule has 0 spiro atoms. The van der Waals surface area contributed by atoms with Crippen molar-refractivity contribution in [2.75, 3.05) is 13.1 Å². The molecule has 1 saturated heterocycles. The first-order valence-corrected chi connectivity index (χ1v) is 8.20. The molecule has 2 heterocycles. The first-order valence-electron chi connectivity index (χ1n) is 8.20. The zero-order chi connectivity index (χ0) is 15.9. The summed E-state index contributed by atoms with van der Waals surface area (Å²) >= 11 is 0.